The number of nitrogens with zero attached hydrogens (tertiary/aromatic N) is 1. The van der Waals surface area contributed by atoms with Crippen molar-refractivity contribution >= 4 is 5.91 Å². The van der Waals surface area contributed by atoms with Crippen molar-refractivity contribution in [1.29, 1.82) is 0 Å². The predicted octanol–water partition coefficient (Wildman–Crippen LogP) is 0.851. The number of carbonyl (C=O) groups excluding carboxylic acids is 1. The van der Waals surface area contributed by atoms with Gasteiger partial charge in [-0.1, -0.05) is 0 Å². The number of amides is 1. The lowest BCUT2D eigenvalue weighted by Gasteiger charge is -2.33. The van der Waals surface area contributed by atoms with E-state index in [0.29, 0.717) is 5.91 Å². The van der Waals surface area contributed by atoms with Gasteiger partial charge in [-0.2, -0.15) is 0 Å². The van der Waals surface area contributed by atoms with E-state index in [-0.39, 0.29) is 11.7 Å². The molecule has 0 aromatic carbocycles. The van der Waals surface area contributed by atoms with E-state index in [4.69, 9.17) is 0 Å². The minimum absolute atomic E-state index is 0.0955. The van der Waals surface area contributed by atoms with E-state index in [1.54, 1.807) is 0 Å². The number of fused-ring (bicyclic) bond motifs is 2. The summed E-state index contributed by atoms with van der Waals surface area (Å²) in [7, 11) is 0. The number of hydrogen-bond donors (Lipinski definition) is 1. The van der Waals surface area contributed by atoms with Gasteiger partial charge in [-0.25, -0.2) is 0 Å². The fraction of sp³-hybridized carbons (Fsp3) is 0.900. The van der Waals surface area contributed by atoms with Gasteiger partial charge in [0.1, 0.15) is 0 Å². The van der Waals surface area contributed by atoms with Crippen LogP contribution in [0.1, 0.15) is 38.5 Å². The molecule has 3 heteroatoms. The summed E-state index contributed by atoms with van der Waals surface area (Å²) in [5.41, 5.74) is 0.0955. The van der Waals surface area contributed by atoms with Gasteiger partial charge >= 0.3 is 0 Å². The van der Waals surface area contributed by atoms with Crippen LogP contribution < -0.4 is 5.32 Å². The van der Waals surface area contributed by atoms with Crippen LogP contribution in [0.5, 0.6) is 0 Å². The lowest BCUT2D eigenvalue weighted by atomic mass is 10.1. The van der Waals surface area contributed by atoms with Gasteiger partial charge in [0.05, 0.1) is 11.7 Å². The summed E-state index contributed by atoms with van der Waals surface area (Å²) in [5.74, 6) is 0.291. The topological polar surface area (TPSA) is 32.3 Å². The average Bonchev–Trinajstić information content (AvgIpc) is 2.74. The Morgan fingerprint density at radius 3 is 2.85 bits per heavy atom. The van der Waals surface area contributed by atoms with Crippen LogP contribution >= 0.6 is 0 Å². The van der Waals surface area contributed by atoms with Gasteiger partial charge < -0.3 is 5.32 Å². The van der Waals surface area contributed by atoms with Crippen LogP contribution in [0.3, 0.4) is 0 Å². The van der Waals surface area contributed by atoms with Crippen molar-refractivity contribution in [2.75, 3.05) is 6.54 Å². The molecule has 1 atom stereocenters. The number of hydrogen-bond acceptors (Lipinski definition) is 2. The van der Waals surface area contributed by atoms with Crippen molar-refractivity contribution in [2.24, 2.45) is 0 Å². The van der Waals surface area contributed by atoms with Crippen LogP contribution in [0.25, 0.3) is 0 Å². The molecule has 3 nitrogen and oxygen atoms in total. The molecule has 1 spiro atoms. The van der Waals surface area contributed by atoms with E-state index in [2.05, 4.69) is 10.2 Å². The summed E-state index contributed by atoms with van der Waals surface area (Å²) in [5, 5.41) is 3.22. The Morgan fingerprint density at radius 1 is 1.31 bits per heavy atom. The Balaban J connectivity index is 1.93. The van der Waals surface area contributed by atoms with Gasteiger partial charge in [0.15, 0.2) is 0 Å². The van der Waals surface area contributed by atoms with E-state index < -0.39 is 0 Å². The molecule has 1 saturated carbocycles. The summed E-state index contributed by atoms with van der Waals surface area (Å²) in [4.78, 5) is 14.1. The van der Waals surface area contributed by atoms with Crippen LogP contribution in [0.2, 0.25) is 0 Å². The quantitative estimate of drug-likeness (QED) is 0.599. The standard InChI is InChI=1S/C10H16N2O/c13-9-8-4-3-7-12(8)10(11-9)5-1-2-6-10/h8H,1-7H2,(H,11,13)/t8-/m0/s1. The van der Waals surface area contributed by atoms with Crippen LogP contribution in [-0.4, -0.2) is 29.1 Å². The first-order valence-corrected chi connectivity index (χ1v) is 5.41. The zero-order valence-corrected chi connectivity index (χ0v) is 7.88. The lowest BCUT2D eigenvalue weighted by Crippen LogP contribution is -2.49. The van der Waals surface area contributed by atoms with Crippen LogP contribution in [0.4, 0.5) is 0 Å². The highest BCUT2D eigenvalue weighted by molar-refractivity contribution is 5.85. The molecule has 3 rings (SSSR count). The molecule has 0 unspecified atom stereocenters. The summed E-state index contributed by atoms with van der Waals surface area (Å²) in [6.45, 7) is 1.13. The van der Waals surface area contributed by atoms with Gasteiger partial charge in [0, 0.05) is 6.54 Å². The fourth-order valence-corrected chi connectivity index (χ4v) is 3.31. The Hall–Kier alpha value is -0.570. The molecule has 0 aromatic rings. The second kappa shape index (κ2) is 2.47. The molecule has 2 aliphatic heterocycles. The third-order valence-electron chi connectivity index (χ3n) is 3.89. The maximum Gasteiger partial charge on any atom is 0.238 e. The molecule has 0 radical (unpaired) electrons. The van der Waals surface area contributed by atoms with Gasteiger partial charge in [-0.15, -0.1) is 0 Å². The number of rotatable bonds is 0. The Kier molecular flexibility index (Phi) is 1.48. The van der Waals surface area contributed by atoms with Gasteiger partial charge in [0.2, 0.25) is 5.91 Å². The second-order valence-electron chi connectivity index (χ2n) is 4.58. The van der Waals surface area contributed by atoms with Crippen LogP contribution in [-0.2, 0) is 4.79 Å². The minimum atomic E-state index is 0.0955. The highest BCUT2D eigenvalue weighted by Gasteiger charge is 2.53. The molecule has 3 aliphatic rings. The molecular formula is C10H16N2O. The lowest BCUT2D eigenvalue weighted by molar-refractivity contribution is -0.121. The predicted molar refractivity (Wildman–Crippen MR) is 49.1 cm³/mol. The van der Waals surface area contributed by atoms with E-state index in [0.717, 1.165) is 13.0 Å². The number of nitrogens with one attached hydrogen (secondary N) is 1. The summed E-state index contributed by atoms with van der Waals surface area (Å²) >= 11 is 0. The van der Waals surface area contributed by atoms with Crippen LogP contribution in [0, 0.1) is 0 Å². The first kappa shape index (κ1) is 7.80. The molecule has 1 amide bonds. The zero-order chi connectivity index (χ0) is 8.89. The van der Waals surface area contributed by atoms with Crippen molar-refractivity contribution in [3.63, 3.8) is 0 Å². The third kappa shape index (κ3) is 0.909. The molecule has 2 saturated heterocycles. The Labute approximate surface area is 78.5 Å². The van der Waals surface area contributed by atoms with Gasteiger partial charge in [-0.05, 0) is 38.5 Å². The monoisotopic (exact) mass is 180 g/mol. The second-order valence-corrected chi connectivity index (χ2v) is 4.58. The van der Waals surface area contributed by atoms with E-state index in [1.807, 2.05) is 0 Å². The van der Waals surface area contributed by atoms with Gasteiger partial charge in [-0.3, -0.25) is 9.69 Å². The van der Waals surface area contributed by atoms with Crippen molar-refractivity contribution in [3.05, 3.63) is 0 Å². The fourth-order valence-electron chi connectivity index (χ4n) is 3.31. The average molecular weight is 180 g/mol. The molecule has 2 heterocycles. The minimum Gasteiger partial charge on any atom is -0.336 e. The smallest absolute Gasteiger partial charge is 0.238 e. The van der Waals surface area contributed by atoms with Crippen molar-refractivity contribution < 1.29 is 4.79 Å². The molecule has 1 aliphatic carbocycles. The molecule has 72 valence electrons. The Morgan fingerprint density at radius 2 is 2.08 bits per heavy atom. The first-order chi connectivity index (χ1) is 6.32. The van der Waals surface area contributed by atoms with Crippen molar-refractivity contribution in [3.8, 4) is 0 Å². The maximum atomic E-state index is 11.7. The maximum absolute atomic E-state index is 11.7. The van der Waals surface area contributed by atoms with Crippen molar-refractivity contribution in [1.82, 2.24) is 10.2 Å². The summed E-state index contributed by atoms with van der Waals surface area (Å²) in [6.07, 6.45) is 7.20. The molecule has 3 fully saturated rings. The molecular weight excluding hydrogens is 164 g/mol. The summed E-state index contributed by atoms with van der Waals surface area (Å²) < 4.78 is 0. The zero-order valence-electron chi connectivity index (χ0n) is 7.88. The third-order valence-corrected chi connectivity index (χ3v) is 3.89. The normalized spacial score (nSPS) is 36.9. The molecule has 0 aromatic heterocycles. The van der Waals surface area contributed by atoms with E-state index in [9.17, 15) is 4.79 Å². The highest BCUT2D eigenvalue weighted by atomic mass is 16.2. The van der Waals surface area contributed by atoms with Gasteiger partial charge in [0.25, 0.3) is 0 Å². The first-order valence-electron chi connectivity index (χ1n) is 5.41. The van der Waals surface area contributed by atoms with Crippen molar-refractivity contribution in [2.45, 2.75) is 50.2 Å². The van der Waals surface area contributed by atoms with E-state index in [1.165, 1.54) is 32.1 Å². The van der Waals surface area contributed by atoms with Crippen LogP contribution in [0.15, 0.2) is 0 Å². The largest absolute Gasteiger partial charge is 0.336 e. The Bertz CT molecular complexity index is 245. The SMILES string of the molecule is O=C1NC2(CCCC2)N2CCC[C@@H]12. The van der Waals surface area contributed by atoms with E-state index >= 15 is 0 Å². The molecule has 13 heavy (non-hydrogen) atoms. The number of carbonyl (C=O) groups is 1. The molecule has 0 bridgehead atoms. The highest BCUT2D eigenvalue weighted by Crippen LogP contribution is 2.41. The summed E-state index contributed by atoms with van der Waals surface area (Å²) in [6, 6.07) is 0.220. The molecule has 1 N–H and O–H groups in total.